The van der Waals surface area contributed by atoms with Crippen molar-refractivity contribution in [3.63, 3.8) is 0 Å². The summed E-state index contributed by atoms with van der Waals surface area (Å²) >= 11 is 0. The van der Waals surface area contributed by atoms with Crippen LogP contribution in [0, 0.1) is 5.92 Å². The summed E-state index contributed by atoms with van der Waals surface area (Å²) in [5, 5.41) is 14.9. The lowest BCUT2D eigenvalue weighted by atomic mass is 9.98. The van der Waals surface area contributed by atoms with E-state index in [4.69, 9.17) is 0 Å². The summed E-state index contributed by atoms with van der Waals surface area (Å²) in [5.41, 5.74) is 2.15. The van der Waals surface area contributed by atoms with Gasteiger partial charge in [-0.1, -0.05) is 68.8 Å². The number of anilines is 1. The maximum atomic E-state index is 12.9. The van der Waals surface area contributed by atoms with Gasteiger partial charge in [-0.3, -0.25) is 19.3 Å². The first-order valence-electron chi connectivity index (χ1n) is 11.1. The number of fused-ring (bicyclic) bond motifs is 1. The molecule has 3 amide bonds. The fraction of sp³-hybridized carbons (Fsp3) is 0.360. The topological polar surface area (TPSA) is 116 Å². The lowest BCUT2D eigenvalue weighted by Crippen LogP contribution is -2.53. The number of carbonyl (C=O) groups excluding carboxylic acids is 3. The normalized spacial score (nSPS) is 16.4. The molecule has 3 rings (SSSR count). The van der Waals surface area contributed by atoms with Gasteiger partial charge in [0.15, 0.2) is 0 Å². The summed E-state index contributed by atoms with van der Waals surface area (Å²) in [6.07, 6.45) is 1.01. The van der Waals surface area contributed by atoms with Crippen LogP contribution in [0.4, 0.5) is 5.69 Å². The van der Waals surface area contributed by atoms with Crippen LogP contribution in [0.15, 0.2) is 54.6 Å². The Balaban J connectivity index is 1.65. The molecule has 3 N–H and O–H groups in total. The number of rotatable bonds is 9. The molecule has 0 aromatic heterocycles. The van der Waals surface area contributed by atoms with Gasteiger partial charge >= 0.3 is 5.97 Å². The first-order valence-corrected chi connectivity index (χ1v) is 11.1. The van der Waals surface area contributed by atoms with Crippen LogP contribution in [0.25, 0.3) is 0 Å². The zero-order chi connectivity index (χ0) is 24.0. The SMILES string of the molecule is CC[C@H](C)[C@H](NC(=O)Cc1ccccc1)C(=O)NCC(=O)N1c2ccccc2C[C@H]1C(=O)O. The number of carbonyl (C=O) groups is 4. The molecule has 0 aliphatic carbocycles. The highest BCUT2D eigenvalue weighted by Gasteiger charge is 2.38. The molecule has 3 atom stereocenters. The van der Waals surface area contributed by atoms with Crippen LogP contribution < -0.4 is 15.5 Å². The third-order valence-electron chi connectivity index (χ3n) is 5.96. The largest absolute Gasteiger partial charge is 0.480 e. The van der Waals surface area contributed by atoms with Crippen LogP contribution >= 0.6 is 0 Å². The van der Waals surface area contributed by atoms with Crippen molar-refractivity contribution >= 4 is 29.4 Å². The Labute approximate surface area is 193 Å². The van der Waals surface area contributed by atoms with Crippen LogP contribution in [0.5, 0.6) is 0 Å². The summed E-state index contributed by atoms with van der Waals surface area (Å²) in [7, 11) is 0. The van der Waals surface area contributed by atoms with E-state index in [0.717, 1.165) is 11.1 Å². The van der Waals surface area contributed by atoms with Crippen molar-refractivity contribution in [2.24, 2.45) is 5.92 Å². The second-order valence-corrected chi connectivity index (χ2v) is 8.26. The van der Waals surface area contributed by atoms with Crippen molar-refractivity contribution < 1.29 is 24.3 Å². The third-order valence-corrected chi connectivity index (χ3v) is 5.96. The van der Waals surface area contributed by atoms with Crippen molar-refractivity contribution in [2.75, 3.05) is 11.4 Å². The summed E-state index contributed by atoms with van der Waals surface area (Å²) in [6, 6.07) is 14.4. The first-order chi connectivity index (χ1) is 15.8. The summed E-state index contributed by atoms with van der Waals surface area (Å²) in [4.78, 5) is 51.3. The monoisotopic (exact) mass is 451 g/mol. The van der Waals surface area contributed by atoms with E-state index in [1.807, 2.05) is 44.2 Å². The minimum atomic E-state index is -1.10. The first kappa shape index (κ1) is 24.0. The average Bonchev–Trinajstić information content (AvgIpc) is 3.21. The van der Waals surface area contributed by atoms with Crippen molar-refractivity contribution in [3.8, 4) is 0 Å². The zero-order valence-electron chi connectivity index (χ0n) is 18.8. The fourth-order valence-electron chi connectivity index (χ4n) is 3.96. The lowest BCUT2D eigenvalue weighted by Gasteiger charge is -2.25. The van der Waals surface area contributed by atoms with E-state index in [0.29, 0.717) is 12.1 Å². The molecule has 1 heterocycles. The Morgan fingerprint density at radius 1 is 1.06 bits per heavy atom. The maximum Gasteiger partial charge on any atom is 0.327 e. The number of nitrogens with zero attached hydrogens (tertiary/aromatic N) is 1. The van der Waals surface area contributed by atoms with Crippen molar-refractivity contribution in [1.29, 1.82) is 0 Å². The number of nitrogens with one attached hydrogen (secondary N) is 2. The summed E-state index contributed by atoms with van der Waals surface area (Å²) in [6.45, 7) is 3.41. The molecule has 0 saturated heterocycles. The summed E-state index contributed by atoms with van der Waals surface area (Å²) in [5.74, 6) is -2.53. The second-order valence-electron chi connectivity index (χ2n) is 8.26. The molecular weight excluding hydrogens is 422 g/mol. The number of aliphatic carboxylic acids is 1. The molecule has 0 fully saturated rings. The fourth-order valence-corrected chi connectivity index (χ4v) is 3.96. The minimum Gasteiger partial charge on any atom is -0.480 e. The molecule has 0 radical (unpaired) electrons. The van der Waals surface area contributed by atoms with Crippen molar-refractivity contribution in [2.45, 2.75) is 45.2 Å². The standard InChI is InChI=1S/C25H29N3O5/c1-3-16(2)23(27-21(29)13-17-9-5-4-6-10-17)24(31)26-15-22(30)28-19-12-8-7-11-18(19)14-20(28)25(32)33/h4-12,16,20,23H,3,13-15H2,1-2H3,(H,26,31)(H,27,29)(H,32,33)/t16-,20-,23-/m0/s1. The van der Waals surface area contributed by atoms with Gasteiger partial charge in [-0.05, 0) is 23.1 Å². The maximum absolute atomic E-state index is 12.9. The third kappa shape index (κ3) is 5.77. The van der Waals surface area contributed by atoms with Crippen LogP contribution in [0.1, 0.15) is 31.4 Å². The van der Waals surface area contributed by atoms with E-state index in [9.17, 15) is 24.3 Å². The van der Waals surface area contributed by atoms with Gasteiger partial charge in [0.25, 0.3) is 0 Å². The van der Waals surface area contributed by atoms with E-state index in [1.165, 1.54) is 4.90 Å². The number of carboxylic acids is 1. The average molecular weight is 452 g/mol. The Kier molecular flexibility index (Phi) is 7.82. The number of benzene rings is 2. The number of hydrogen-bond donors (Lipinski definition) is 3. The quantitative estimate of drug-likeness (QED) is 0.539. The highest BCUT2D eigenvalue weighted by Crippen LogP contribution is 2.32. The van der Waals surface area contributed by atoms with E-state index < -0.39 is 29.9 Å². The molecule has 8 nitrogen and oxygen atoms in total. The molecule has 0 spiro atoms. The van der Waals surface area contributed by atoms with Gasteiger partial charge in [0.05, 0.1) is 13.0 Å². The van der Waals surface area contributed by atoms with Crippen molar-refractivity contribution in [3.05, 3.63) is 65.7 Å². The van der Waals surface area contributed by atoms with Gasteiger partial charge in [0, 0.05) is 12.1 Å². The van der Waals surface area contributed by atoms with Crippen LogP contribution in [0.2, 0.25) is 0 Å². The van der Waals surface area contributed by atoms with Crippen molar-refractivity contribution in [1.82, 2.24) is 10.6 Å². The van der Waals surface area contributed by atoms with E-state index in [-0.39, 0.29) is 31.2 Å². The Bertz CT molecular complexity index is 1020. The number of hydrogen-bond acceptors (Lipinski definition) is 4. The lowest BCUT2D eigenvalue weighted by molar-refractivity contribution is -0.139. The van der Waals surface area contributed by atoms with Gasteiger partial charge in [0.1, 0.15) is 12.1 Å². The second kappa shape index (κ2) is 10.8. The zero-order valence-corrected chi connectivity index (χ0v) is 18.8. The van der Waals surface area contributed by atoms with Crippen LogP contribution in [0.3, 0.4) is 0 Å². The van der Waals surface area contributed by atoms with E-state index in [2.05, 4.69) is 10.6 Å². The summed E-state index contributed by atoms with van der Waals surface area (Å²) < 4.78 is 0. The van der Waals surface area contributed by atoms with Crippen LogP contribution in [-0.2, 0) is 32.0 Å². The Morgan fingerprint density at radius 2 is 1.73 bits per heavy atom. The molecule has 8 heteroatoms. The van der Waals surface area contributed by atoms with E-state index in [1.54, 1.807) is 24.3 Å². The number of carboxylic acid groups (broad SMARTS) is 1. The Hall–Kier alpha value is -3.68. The molecule has 0 unspecified atom stereocenters. The molecule has 0 saturated carbocycles. The molecular formula is C25H29N3O5. The number of amides is 3. The molecule has 2 aromatic rings. The van der Waals surface area contributed by atoms with Gasteiger partial charge < -0.3 is 15.7 Å². The highest BCUT2D eigenvalue weighted by molar-refractivity contribution is 6.04. The smallest absolute Gasteiger partial charge is 0.327 e. The minimum absolute atomic E-state index is 0.144. The predicted molar refractivity (Wildman–Crippen MR) is 124 cm³/mol. The van der Waals surface area contributed by atoms with Gasteiger partial charge in [0.2, 0.25) is 17.7 Å². The molecule has 33 heavy (non-hydrogen) atoms. The Morgan fingerprint density at radius 3 is 2.39 bits per heavy atom. The molecule has 1 aliphatic rings. The van der Waals surface area contributed by atoms with Crippen LogP contribution in [-0.4, -0.2) is 47.4 Å². The van der Waals surface area contributed by atoms with Gasteiger partial charge in [-0.15, -0.1) is 0 Å². The predicted octanol–water partition coefficient (Wildman–Crippen LogP) is 1.92. The van der Waals surface area contributed by atoms with Gasteiger partial charge in [-0.25, -0.2) is 4.79 Å². The number of para-hydroxylation sites is 1. The van der Waals surface area contributed by atoms with Gasteiger partial charge in [-0.2, -0.15) is 0 Å². The highest BCUT2D eigenvalue weighted by atomic mass is 16.4. The van der Waals surface area contributed by atoms with E-state index >= 15 is 0 Å². The molecule has 0 bridgehead atoms. The molecule has 2 aromatic carbocycles. The molecule has 174 valence electrons. The molecule has 1 aliphatic heterocycles.